The first kappa shape index (κ1) is 29.2. The molecule has 35 heavy (non-hydrogen) atoms. The molecule has 1 unspecified atom stereocenters. The summed E-state index contributed by atoms with van der Waals surface area (Å²) >= 11 is -0.595. The van der Waals surface area contributed by atoms with E-state index in [0.29, 0.717) is 12.1 Å². The second kappa shape index (κ2) is 13.9. The van der Waals surface area contributed by atoms with Gasteiger partial charge in [0.25, 0.3) is 0 Å². The zero-order chi connectivity index (χ0) is 24.1. The first-order chi connectivity index (χ1) is 16.4. The van der Waals surface area contributed by atoms with Gasteiger partial charge >= 0.3 is 157 Å². The zero-order valence-corrected chi connectivity index (χ0v) is 28.3. The molecule has 0 amide bonds. The predicted molar refractivity (Wildman–Crippen MR) is 156 cm³/mol. The van der Waals surface area contributed by atoms with Crippen LogP contribution >= 0.6 is 19.8 Å². The van der Waals surface area contributed by atoms with E-state index in [9.17, 15) is 0 Å². The van der Waals surface area contributed by atoms with Gasteiger partial charge in [0.1, 0.15) is 0 Å². The Kier molecular flexibility index (Phi) is 11.6. The van der Waals surface area contributed by atoms with Crippen LogP contribution in [0.25, 0.3) is 0 Å². The molecule has 0 radical (unpaired) electrons. The van der Waals surface area contributed by atoms with Crippen molar-refractivity contribution >= 4 is 19.8 Å². The van der Waals surface area contributed by atoms with Gasteiger partial charge in [-0.1, -0.05) is 23.8 Å². The molecular weight excluding hydrogens is 765 g/mol. The minimum absolute atomic E-state index is 0. The van der Waals surface area contributed by atoms with E-state index < -0.39 is 19.8 Å². The van der Waals surface area contributed by atoms with Crippen molar-refractivity contribution in [3.8, 4) is 0 Å². The van der Waals surface area contributed by atoms with E-state index in [2.05, 4.69) is 93.4 Å². The van der Waals surface area contributed by atoms with E-state index >= 15 is 0 Å². The number of aryl methyl sites for hydroxylation is 2. The average molecular weight is 809 g/mol. The summed E-state index contributed by atoms with van der Waals surface area (Å²) < 4.78 is 4.77. The van der Waals surface area contributed by atoms with Gasteiger partial charge in [0.05, 0.1) is 0 Å². The van der Waals surface area contributed by atoms with Gasteiger partial charge in [-0.15, -0.1) is 5.70 Å². The molecule has 4 rings (SSSR count). The molecule has 2 aromatic carbocycles. The number of benzene rings is 2. The molecule has 0 aliphatic carbocycles. The Morgan fingerprint density at radius 3 is 2.66 bits per heavy atom. The van der Waals surface area contributed by atoms with Gasteiger partial charge in [-0.25, -0.2) is 13.0 Å². The van der Waals surface area contributed by atoms with Crippen LogP contribution in [0.4, 0.5) is 0 Å². The van der Waals surface area contributed by atoms with Crippen molar-refractivity contribution in [3.05, 3.63) is 93.9 Å². The third-order valence-electron chi connectivity index (χ3n) is 7.32. The average Bonchev–Trinajstić information content (AvgIpc) is 3.65. The van der Waals surface area contributed by atoms with E-state index in [0.717, 1.165) is 31.5 Å². The minimum atomic E-state index is -0.595. The summed E-state index contributed by atoms with van der Waals surface area (Å²) in [5, 5.41) is 3.71. The van der Waals surface area contributed by atoms with E-state index in [1.807, 2.05) is 0 Å². The van der Waals surface area contributed by atoms with Crippen molar-refractivity contribution in [2.24, 2.45) is 0 Å². The van der Waals surface area contributed by atoms with Gasteiger partial charge < -0.3 is 4.90 Å². The maximum Gasteiger partial charge on any atom is 2.00 e. The fourth-order valence-corrected chi connectivity index (χ4v) is 9.38. The Balaban J connectivity index is 0.00000342. The molecule has 4 heteroatoms. The normalized spacial score (nSPS) is 19.4. The quantitative estimate of drug-likeness (QED) is 0.138. The summed E-state index contributed by atoms with van der Waals surface area (Å²) in [6, 6.07) is 17.6. The summed E-state index contributed by atoms with van der Waals surface area (Å²) in [5.41, 5.74) is 6.98. The van der Waals surface area contributed by atoms with Crippen LogP contribution in [0.3, 0.4) is 0 Å². The van der Waals surface area contributed by atoms with Crippen LogP contribution in [0.15, 0.2) is 54.7 Å². The third kappa shape index (κ3) is 8.56. The third-order valence-corrected chi connectivity index (χ3v) is 12.0. The van der Waals surface area contributed by atoms with Crippen molar-refractivity contribution in [1.29, 1.82) is 0 Å². The Labute approximate surface area is 245 Å². The maximum absolute atomic E-state index is 4.40. The molecule has 0 aromatic heterocycles. The topological polar surface area (TPSA) is 15.3 Å². The standard InChI is InChI=1S/C31H43IN2.U/c1-23-12-17-31-27(5)34(21-18-29(31)22-23)26(4)10-6-8-24(2)33-25(3)9-7-11-28-13-15-30(16-14-28)32-19-20-32;/h10,12-17,22,24-25,27,33H,2,4,6-9,11,18-21H2,1,3,5H3;/q-2;+2/t24-,25?,27-;/m0./s1. The predicted octanol–water partition coefficient (Wildman–Crippen LogP) is 7.31. The van der Waals surface area contributed by atoms with Crippen LogP contribution in [0.5, 0.6) is 0 Å². The smallest absolute Gasteiger partial charge is 0.398 e. The van der Waals surface area contributed by atoms with Crippen LogP contribution in [-0.4, -0.2) is 32.4 Å². The number of alkyl halides is 2. The van der Waals surface area contributed by atoms with E-state index in [1.165, 1.54) is 50.4 Å². The van der Waals surface area contributed by atoms with Gasteiger partial charge in [-0.3, -0.25) is 0 Å². The first-order valence-corrected chi connectivity index (χ1v) is 17.2. The molecule has 0 bridgehead atoms. The fourth-order valence-electron chi connectivity index (χ4n) is 5.19. The van der Waals surface area contributed by atoms with Gasteiger partial charge in [0.15, 0.2) is 0 Å². The number of hydrogen-bond acceptors (Lipinski definition) is 2. The molecular formula is C31H43IN2U. The Hall–Kier alpha value is -0.408. The van der Waals surface area contributed by atoms with Crippen LogP contribution in [0.2, 0.25) is 0 Å². The Morgan fingerprint density at radius 2 is 1.94 bits per heavy atom. The van der Waals surface area contributed by atoms with Crippen LogP contribution in [-0.2, 0) is 12.8 Å². The van der Waals surface area contributed by atoms with Crippen LogP contribution in [0.1, 0.15) is 67.8 Å². The maximum atomic E-state index is 4.40. The number of hydrogen-bond donors (Lipinski definition) is 1. The molecule has 2 aromatic rings. The summed E-state index contributed by atoms with van der Waals surface area (Å²) in [7, 11) is 0. The molecule has 2 aliphatic heterocycles. The summed E-state index contributed by atoms with van der Waals surface area (Å²) in [6.45, 7) is 16.6. The van der Waals surface area contributed by atoms with Crippen LogP contribution in [0, 0.1) is 55.0 Å². The van der Waals surface area contributed by atoms with Crippen molar-refractivity contribution in [3.63, 3.8) is 0 Å². The monoisotopic (exact) mass is 808 g/mol. The van der Waals surface area contributed by atoms with Crippen molar-refractivity contribution in [2.45, 2.75) is 77.4 Å². The molecule has 1 saturated heterocycles. The molecule has 2 heterocycles. The van der Waals surface area contributed by atoms with Gasteiger partial charge in [-0.05, 0) is 31.4 Å². The molecule has 2 nitrogen and oxygen atoms in total. The molecule has 0 spiro atoms. The number of nitrogens with one attached hydrogen (secondary N) is 1. The van der Waals surface area contributed by atoms with Gasteiger partial charge in [0, 0.05) is 12.6 Å². The molecule has 188 valence electrons. The fraction of sp³-hybridized carbons (Fsp3) is 0.484. The van der Waals surface area contributed by atoms with Gasteiger partial charge in [0.2, 0.25) is 0 Å². The van der Waals surface area contributed by atoms with Crippen molar-refractivity contribution in [1.82, 2.24) is 10.2 Å². The number of allylic oxidation sites excluding steroid dienone is 1. The molecule has 2 aliphatic rings. The van der Waals surface area contributed by atoms with Crippen molar-refractivity contribution < 1.29 is 31.1 Å². The van der Waals surface area contributed by atoms with Crippen LogP contribution < -0.4 is 5.32 Å². The zero-order valence-electron chi connectivity index (χ0n) is 22.0. The summed E-state index contributed by atoms with van der Waals surface area (Å²) in [4.78, 5) is 2.46. The number of nitrogens with zero attached hydrogens (tertiary/aromatic N) is 1. The minimum Gasteiger partial charge on any atom is -0.398 e. The Morgan fingerprint density at radius 1 is 1.20 bits per heavy atom. The second-order valence-corrected chi connectivity index (χ2v) is 16.2. The molecule has 0 saturated carbocycles. The number of halogens is 1. The van der Waals surface area contributed by atoms with E-state index in [-0.39, 0.29) is 37.2 Å². The SMILES string of the molecule is C=C([CH-]CC[C@H]([CH2-])NC(C)CCCc1ccc(I2CC2)cc1)N1CCc2cc(C)ccc2[C@@H]1C.[U+2]. The Bertz CT molecular complexity index is 953. The summed E-state index contributed by atoms with van der Waals surface area (Å²) in [6.07, 6.45) is 9.12. The summed E-state index contributed by atoms with van der Waals surface area (Å²) in [5.74, 6) is 0. The van der Waals surface area contributed by atoms with Gasteiger partial charge in [-0.2, -0.15) is 0 Å². The second-order valence-electron chi connectivity index (χ2n) is 10.2. The van der Waals surface area contributed by atoms with E-state index in [4.69, 9.17) is 0 Å². The number of rotatable bonds is 12. The molecule has 1 N–H and O–H groups in total. The molecule has 1 fully saturated rings. The number of fused-ring (bicyclic) bond motifs is 1. The largest absolute Gasteiger partial charge is 2.00 e. The first-order valence-electron chi connectivity index (χ1n) is 13.1. The molecule has 3 atom stereocenters. The van der Waals surface area contributed by atoms with Crippen molar-refractivity contribution in [2.75, 3.05) is 15.4 Å². The van der Waals surface area contributed by atoms with E-state index in [1.54, 1.807) is 3.57 Å².